The van der Waals surface area contributed by atoms with Crippen LogP contribution in [0.15, 0.2) is 36.9 Å². The number of rotatable bonds is 7. The molecule has 0 bridgehead atoms. The number of hydrogen-bond donors (Lipinski definition) is 0. The van der Waals surface area contributed by atoms with Crippen LogP contribution in [-0.2, 0) is 30.6 Å². The third-order valence-corrected chi connectivity index (χ3v) is 6.94. The van der Waals surface area contributed by atoms with Crippen LogP contribution in [0, 0.1) is 0 Å². The number of pyridine rings is 1. The van der Waals surface area contributed by atoms with Crippen molar-refractivity contribution in [2.24, 2.45) is 0 Å². The lowest BCUT2D eigenvalue weighted by Gasteiger charge is -2.27. The highest BCUT2D eigenvalue weighted by atomic mass is 19.4. The van der Waals surface area contributed by atoms with Crippen LogP contribution in [0.25, 0.3) is 22.6 Å². The van der Waals surface area contributed by atoms with Gasteiger partial charge >= 0.3 is 6.18 Å². The average molecular weight is 539 g/mol. The number of aromatic nitrogens is 7. The molecule has 2 aliphatic rings. The zero-order valence-electron chi connectivity index (χ0n) is 21.3. The lowest BCUT2D eigenvalue weighted by molar-refractivity contribution is -0.140. The molecule has 1 fully saturated rings. The van der Waals surface area contributed by atoms with Gasteiger partial charge in [-0.25, -0.2) is 19.6 Å². The van der Waals surface area contributed by atoms with E-state index in [9.17, 15) is 18.0 Å². The number of hydrogen-bond acceptors (Lipinski definition) is 7. The minimum absolute atomic E-state index is 0.0742. The van der Waals surface area contributed by atoms with Gasteiger partial charge < -0.3 is 9.30 Å². The van der Waals surface area contributed by atoms with Crippen molar-refractivity contribution < 1.29 is 22.7 Å². The fourth-order valence-electron chi connectivity index (χ4n) is 4.82. The second-order valence-electron chi connectivity index (χ2n) is 9.53. The van der Waals surface area contributed by atoms with Crippen LogP contribution in [0.3, 0.4) is 0 Å². The molecule has 1 aliphatic heterocycles. The summed E-state index contributed by atoms with van der Waals surface area (Å²) in [7, 11) is 1.56. The SMILES string of the molecule is CCn1cc(C(F)(F)F)nc1-c1ccc(CN2C(=O)CCn3nc(-c4c(OC)ncnc4C4CC4)cc32)nc1. The summed E-state index contributed by atoms with van der Waals surface area (Å²) in [5, 5.41) is 4.76. The molecule has 0 saturated heterocycles. The summed E-state index contributed by atoms with van der Waals surface area (Å²) in [5.41, 5.74) is 2.36. The molecule has 1 aliphatic carbocycles. The highest BCUT2D eigenvalue weighted by Gasteiger charge is 2.35. The molecule has 6 rings (SSSR count). The summed E-state index contributed by atoms with van der Waals surface area (Å²) in [6.07, 6.45) is 1.80. The second kappa shape index (κ2) is 9.47. The van der Waals surface area contributed by atoms with Gasteiger partial charge in [0, 0.05) is 42.9 Å². The van der Waals surface area contributed by atoms with E-state index in [0.29, 0.717) is 47.7 Å². The zero-order chi connectivity index (χ0) is 27.3. The van der Waals surface area contributed by atoms with E-state index < -0.39 is 11.9 Å². The topological polar surface area (TPSA) is 104 Å². The summed E-state index contributed by atoms with van der Waals surface area (Å²) in [5.74, 6) is 1.51. The van der Waals surface area contributed by atoms with Crippen molar-refractivity contribution in [2.75, 3.05) is 12.0 Å². The molecule has 5 heterocycles. The Labute approximate surface area is 221 Å². The summed E-state index contributed by atoms with van der Waals surface area (Å²) < 4.78 is 48.3. The fraction of sp³-hybridized carbons (Fsp3) is 0.385. The number of fused-ring (bicyclic) bond motifs is 1. The Morgan fingerprint density at radius 1 is 1.15 bits per heavy atom. The van der Waals surface area contributed by atoms with Gasteiger partial charge in [0.1, 0.15) is 23.7 Å². The Balaban J connectivity index is 1.29. The molecule has 0 spiro atoms. The minimum atomic E-state index is -4.53. The summed E-state index contributed by atoms with van der Waals surface area (Å²) in [6, 6.07) is 5.21. The van der Waals surface area contributed by atoms with Gasteiger partial charge in [0.15, 0.2) is 5.69 Å². The molecule has 0 aromatic carbocycles. The predicted molar refractivity (Wildman–Crippen MR) is 134 cm³/mol. The average Bonchev–Trinajstić information content (AvgIpc) is 3.53. The number of carbonyl (C=O) groups excluding carboxylic acids is 1. The monoisotopic (exact) mass is 538 g/mol. The third kappa shape index (κ3) is 4.61. The molecule has 4 aromatic rings. The maximum absolute atomic E-state index is 13.2. The molecular formula is C26H25F3N8O2. The van der Waals surface area contributed by atoms with Gasteiger partial charge in [-0.2, -0.15) is 18.3 Å². The standard InChI is InChI=1S/C26H25F3N8O2/c1-3-35-13-19(26(27,28)29)33-24(35)16-6-7-17(30-11-16)12-36-20-10-18(34-37(20)9-8-21(36)38)22-23(15-4-5-15)31-14-32-25(22)39-2/h6-7,10-11,13-15H,3-5,8-9,12H2,1-2H3. The van der Waals surface area contributed by atoms with Crippen LogP contribution in [-0.4, -0.2) is 47.3 Å². The van der Waals surface area contributed by atoms with Gasteiger partial charge in [0.25, 0.3) is 0 Å². The highest BCUT2D eigenvalue weighted by molar-refractivity contribution is 5.94. The van der Waals surface area contributed by atoms with E-state index >= 15 is 0 Å². The van der Waals surface area contributed by atoms with Crippen molar-refractivity contribution in [3.63, 3.8) is 0 Å². The molecule has 0 radical (unpaired) electrons. The van der Waals surface area contributed by atoms with Crippen molar-refractivity contribution in [3.8, 4) is 28.5 Å². The quantitative estimate of drug-likeness (QED) is 0.342. The van der Waals surface area contributed by atoms with E-state index in [1.807, 2.05) is 6.07 Å². The van der Waals surface area contributed by atoms with Crippen LogP contribution in [0.1, 0.15) is 49.2 Å². The molecule has 1 saturated carbocycles. The summed E-state index contributed by atoms with van der Waals surface area (Å²) in [6.45, 7) is 2.69. The number of aryl methyl sites for hydroxylation is 2. The van der Waals surface area contributed by atoms with Crippen LogP contribution in [0.5, 0.6) is 5.88 Å². The molecule has 1 amide bonds. The smallest absolute Gasteiger partial charge is 0.434 e. The Hall–Kier alpha value is -4.29. The van der Waals surface area contributed by atoms with E-state index in [1.165, 1.54) is 17.1 Å². The molecule has 10 nitrogen and oxygen atoms in total. The van der Waals surface area contributed by atoms with E-state index in [2.05, 4.69) is 19.9 Å². The maximum atomic E-state index is 13.2. The molecule has 0 unspecified atom stereocenters. The van der Waals surface area contributed by atoms with E-state index in [0.717, 1.165) is 30.3 Å². The Kier molecular flexibility index (Phi) is 6.07. The molecule has 202 valence electrons. The lowest BCUT2D eigenvalue weighted by Crippen LogP contribution is -2.37. The second-order valence-corrected chi connectivity index (χ2v) is 9.53. The van der Waals surface area contributed by atoms with Crippen LogP contribution < -0.4 is 9.64 Å². The van der Waals surface area contributed by atoms with E-state index in [4.69, 9.17) is 9.84 Å². The van der Waals surface area contributed by atoms with Gasteiger partial charge in [-0.05, 0) is 31.9 Å². The van der Waals surface area contributed by atoms with E-state index in [1.54, 1.807) is 35.7 Å². The van der Waals surface area contributed by atoms with E-state index in [-0.39, 0.29) is 24.7 Å². The van der Waals surface area contributed by atoms with Crippen LogP contribution >= 0.6 is 0 Å². The normalized spacial score (nSPS) is 15.5. The van der Waals surface area contributed by atoms with Crippen molar-refractivity contribution >= 4 is 11.7 Å². The molecular weight excluding hydrogens is 513 g/mol. The highest BCUT2D eigenvalue weighted by Crippen LogP contribution is 2.46. The predicted octanol–water partition coefficient (Wildman–Crippen LogP) is 4.46. The number of anilines is 1. The molecule has 13 heteroatoms. The van der Waals surface area contributed by atoms with Crippen LogP contribution in [0.2, 0.25) is 0 Å². The summed E-state index contributed by atoms with van der Waals surface area (Å²) >= 11 is 0. The first-order valence-electron chi connectivity index (χ1n) is 12.6. The molecule has 4 aromatic heterocycles. The first kappa shape index (κ1) is 25.0. The van der Waals surface area contributed by atoms with Crippen LogP contribution in [0.4, 0.5) is 19.0 Å². The van der Waals surface area contributed by atoms with Gasteiger partial charge in [0.2, 0.25) is 11.8 Å². The summed E-state index contributed by atoms with van der Waals surface area (Å²) in [4.78, 5) is 31.6. The largest absolute Gasteiger partial charge is 0.480 e. The number of carbonyl (C=O) groups is 1. The van der Waals surface area contributed by atoms with Gasteiger partial charge in [0.05, 0.1) is 37.2 Å². The maximum Gasteiger partial charge on any atom is 0.434 e. The number of alkyl halides is 3. The number of imidazole rings is 1. The third-order valence-electron chi connectivity index (χ3n) is 6.94. The van der Waals surface area contributed by atoms with Crippen molar-refractivity contribution in [2.45, 2.75) is 57.9 Å². The zero-order valence-corrected chi connectivity index (χ0v) is 21.3. The molecule has 0 N–H and O–H groups in total. The molecule has 39 heavy (non-hydrogen) atoms. The number of nitrogens with zero attached hydrogens (tertiary/aromatic N) is 8. The van der Waals surface area contributed by atoms with Gasteiger partial charge in [-0.3, -0.25) is 14.7 Å². The van der Waals surface area contributed by atoms with Gasteiger partial charge in [-0.15, -0.1) is 0 Å². The Morgan fingerprint density at radius 2 is 1.97 bits per heavy atom. The first-order chi connectivity index (χ1) is 18.8. The van der Waals surface area contributed by atoms with Crippen molar-refractivity contribution in [3.05, 3.63) is 54.0 Å². The Bertz CT molecular complexity index is 1540. The lowest BCUT2D eigenvalue weighted by atomic mass is 10.1. The first-order valence-corrected chi connectivity index (χ1v) is 12.6. The Morgan fingerprint density at radius 3 is 2.64 bits per heavy atom. The van der Waals surface area contributed by atoms with Gasteiger partial charge in [-0.1, -0.05) is 0 Å². The minimum Gasteiger partial charge on any atom is -0.480 e. The van der Waals surface area contributed by atoms with Crippen molar-refractivity contribution in [1.82, 2.24) is 34.3 Å². The fourth-order valence-corrected chi connectivity index (χ4v) is 4.82. The number of halogens is 3. The number of amides is 1. The molecule has 0 atom stereocenters. The number of methoxy groups -OCH3 is 1. The van der Waals surface area contributed by atoms with Crippen molar-refractivity contribution in [1.29, 1.82) is 0 Å². The number of ether oxygens (including phenoxy) is 1.